The molecule has 1 aromatic carbocycles. The van der Waals surface area contributed by atoms with E-state index in [1.165, 1.54) is 6.33 Å². The number of piperidine rings is 1. The lowest BCUT2D eigenvalue weighted by atomic mass is 10.0. The molecule has 1 saturated heterocycles. The van der Waals surface area contributed by atoms with Crippen LogP contribution in [-0.4, -0.2) is 64.9 Å². The molecule has 2 N–H and O–H groups in total. The molecule has 2 amide bonds. The highest BCUT2D eigenvalue weighted by Gasteiger charge is 2.31. The fourth-order valence-electron chi connectivity index (χ4n) is 4.22. The Kier molecular flexibility index (Phi) is 5.79. The number of benzene rings is 1. The summed E-state index contributed by atoms with van der Waals surface area (Å²) in [5, 5.41) is 11.9. The van der Waals surface area contributed by atoms with Crippen molar-refractivity contribution in [3.63, 3.8) is 0 Å². The average Bonchev–Trinajstić information content (AvgIpc) is 2.92. The third-order valence-corrected chi connectivity index (χ3v) is 5.84. The maximum absolute atomic E-state index is 12.9. The molecule has 0 spiro atoms. The molecule has 0 unspecified atom stereocenters. The van der Waals surface area contributed by atoms with Crippen molar-refractivity contribution in [1.82, 2.24) is 14.9 Å². The highest BCUT2D eigenvalue weighted by atomic mass is 16.7. The summed E-state index contributed by atoms with van der Waals surface area (Å²) in [4.78, 5) is 35.9. The van der Waals surface area contributed by atoms with Gasteiger partial charge in [0, 0.05) is 31.4 Å². The molecule has 31 heavy (non-hydrogen) atoms. The quantitative estimate of drug-likeness (QED) is 0.716. The van der Waals surface area contributed by atoms with Crippen LogP contribution in [0.1, 0.15) is 24.0 Å². The van der Waals surface area contributed by atoms with Crippen LogP contribution in [0.3, 0.4) is 0 Å². The number of nitrogens with zero attached hydrogens (tertiary/aromatic N) is 4. The molecule has 1 fully saturated rings. The largest absolute Gasteiger partial charge is 0.512 e. The predicted octanol–water partition coefficient (Wildman–Crippen LogP) is 2.91. The number of rotatable bonds is 4. The van der Waals surface area contributed by atoms with Crippen LogP contribution in [0.5, 0.6) is 11.6 Å². The van der Waals surface area contributed by atoms with E-state index in [1.807, 2.05) is 23.1 Å². The highest BCUT2D eigenvalue weighted by molar-refractivity contribution is 5.91. The van der Waals surface area contributed by atoms with Crippen LogP contribution >= 0.6 is 0 Å². The first-order valence-electron chi connectivity index (χ1n) is 10.2. The van der Waals surface area contributed by atoms with Gasteiger partial charge in [0.1, 0.15) is 17.9 Å². The van der Waals surface area contributed by atoms with E-state index >= 15 is 0 Å². The Morgan fingerprint density at radius 1 is 1.23 bits per heavy atom. The van der Waals surface area contributed by atoms with Crippen LogP contribution in [-0.2, 0) is 6.42 Å². The van der Waals surface area contributed by atoms with E-state index in [2.05, 4.69) is 20.2 Å². The van der Waals surface area contributed by atoms with Gasteiger partial charge in [-0.25, -0.2) is 19.6 Å². The zero-order chi connectivity index (χ0) is 22.0. The van der Waals surface area contributed by atoms with Gasteiger partial charge in [-0.05, 0) is 49.9 Å². The Morgan fingerprint density at radius 2 is 2.00 bits per heavy atom. The standard InChI is InChI=1S/C21H25N5O5/c1-13-18(22-12-23-19(13)31-21(28)29)25-8-6-15(7-9-25)26-10-5-14-11-16(30-2)3-4-17(14)24-20(26)27/h3-4,11-12,15H,5-10H2,1-2H3,(H,24,27)(H,28,29). The molecular formula is C21H25N5O5. The monoisotopic (exact) mass is 427 g/mol. The number of carbonyl (C=O) groups is 2. The van der Waals surface area contributed by atoms with Crippen molar-refractivity contribution in [1.29, 1.82) is 0 Å². The molecule has 0 saturated carbocycles. The molecule has 164 valence electrons. The van der Waals surface area contributed by atoms with Crippen LogP contribution in [0.4, 0.5) is 21.1 Å². The normalized spacial score (nSPS) is 16.9. The Labute approximate surface area is 179 Å². The highest BCUT2D eigenvalue weighted by Crippen LogP contribution is 2.30. The number of carbonyl (C=O) groups excluding carboxylic acids is 1. The van der Waals surface area contributed by atoms with Crippen LogP contribution in [0.25, 0.3) is 0 Å². The van der Waals surface area contributed by atoms with Crippen LogP contribution in [0, 0.1) is 6.92 Å². The zero-order valence-electron chi connectivity index (χ0n) is 17.5. The molecule has 1 aromatic heterocycles. The molecule has 4 rings (SSSR count). The van der Waals surface area contributed by atoms with Crippen molar-refractivity contribution in [3.8, 4) is 11.6 Å². The number of carboxylic acid groups (broad SMARTS) is 1. The van der Waals surface area contributed by atoms with E-state index in [9.17, 15) is 9.59 Å². The van der Waals surface area contributed by atoms with Crippen LogP contribution in [0.2, 0.25) is 0 Å². The van der Waals surface area contributed by atoms with Gasteiger partial charge in [0.2, 0.25) is 5.88 Å². The maximum atomic E-state index is 12.9. The van der Waals surface area contributed by atoms with Gasteiger partial charge in [0.25, 0.3) is 0 Å². The number of urea groups is 1. The van der Waals surface area contributed by atoms with E-state index in [0.717, 1.165) is 36.3 Å². The molecular weight excluding hydrogens is 402 g/mol. The van der Waals surface area contributed by atoms with Gasteiger partial charge in [0.15, 0.2) is 0 Å². The van der Waals surface area contributed by atoms with Crippen molar-refractivity contribution in [2.75, 3.05) is 37.0 Å². The summed E-state index contributed by atoms with van der Waals surface area (Å²) in [5.74, 6) is 1.48. The third-order valence-electron chi connectivity index (χ3n) is 5.84. The van der Waals surface area contributed by atoms with Crippen LogP contribution < -0.4 is 19.7 Å². The Bertz CT molecular complexity index is 990. The summed E-state index contributed by atoms with van der Waals surface area (Å²) in [5.41, 5.74) is 2.48. The number of hydrogen-bond donors (Lipinski definition) is 2. The fourth-order valence-corrected chi connectivity index (χ4v) is 4.22. The van der Waals surface area contributed by atoms with Crippen molar-refractivity contribution in [2.45, 2.75) is 32.2 Å². The average molecular weight is 427 g/mol. The third kappa shape index (κ3) is 4.32. The molecule has 2 aliphatic rings. The molecule has 0 atom stereocenters. The van der Waals surface area contributed by atoms with Gasteiger partial charge in [-0.2, -0.15) is 0 Å². The van der Waals surface area contributed by atoms with E-state index in [-0.39, 0.29) is 18.0 Å². The number of amides is 2. The molecule has 10 nitrogen and oxygen atoms in total. The molecule has 2 aliphatic heterocycles. The second-order valence-corrected chi connectivity index (χ2v) is 7.61. The van der Waals surface area contributed by atoms with Gasteiger partial charge in [-0.1, -0.05) is 0 Å². The van der Waals surface area contributed by atoms with Crippen LogP contribution in [0.15, 0.2) is 24.5 Å². The van der Waals surface area contributed by atoms with Gasteiger partial charge in [0.05, 0.1) is 12.7 Å². The van der Waals surface area contributed by atoms with Crippen molar-refractivity contribution < 1.29 is 24.2 Å². The van der Waals surface area contributed by atoms with Crippen molar-refractivity contribution in [2.24, 2.45) is 0 Å². The minimum atomic E-state index is -1.41. The lowest BCUT2D eigenvalue weighted by Gasteiger charge is -2.38. The van der Waals surface area contributed by atoms with Gasteiger partial charge >= 0.3 is 12.2 Å². The minimum Gasteiger partial charge on any atom is -0.497 e. The zero-order valence-corrected chi connectivity index (χ0v) is 17.5. The number of ether oxygens (including phenoxy) is 2. The summed E-state index contributed by atoms with van der Waals surface area (Å²) < 4.78 is 10.0. The SMILES string of the molecule is COc1ccc2c(c1)CCN(C1CCN(c3ncnc(OC(=O)O)c3C)CC1)C(=O)N2. The second-order valence-electron chi connectivity index (χ2n) is 7.61. The number of hydrogen-bond acceptors (Lipinski definition) is 7. The first kappa shape index (κ1) is 20.7. The summed E-state index contributed by atoms with van der Waals surface area (Å²) in [6.07, 6.45) is 2.22. The molecule has 0 bridgehead atoms. The Hall–Kier alpha value is -3.56. The van der Waals surface area contributed by atoms with Gasteiger partial charge in [-0.15, -0.1) is 0 Å². The maximum Gasteiger partial charge on any atom is 0.512 e. The fraction of sp³-hybridized carbons (Fsp3) is 0.429. The number of anilines is 2. The molecule has 0 aliphatic carbocycles. The topological polar surface area (TPSA) is 117 Å². The van der Waals surface area contributed by atoms with E-state index in [4.69, 9.17) is 14.6 Å². The lowest BCUT2D eigenvalue weighted by Crippen LogP contribution is -2.49. The first-order chi connectivity index (χ1) is 15.0. The summed E-state index contributed by atoms with van der Waals surface area (Å²) in [7, 11) is 1.63. The molecule has 10 heteroatoms. The smallest absolute Gasteiger partial charge is 0.497 e. The lowest BCUT2D eigenvalue weighted by molar-refractivity contribution is 0.142. The minimum absolute atomic E-state index is 0.0414. The number of nitrogens with one attached hydrogen (secondary N) is 1. The number of fused-ring (bicyclic) bond motifs is 1. The summed E-state index contributed by atoms with van der Waals surface area (Å²) in [6, 6.07) is 5.73. The van der Waals surface area contributed by atoms with E-state index in [1.54, 1.807) is 14.0 Å². The van der Waals surface area contributed by atoms with E-state index in [0.29, 0.717) is 31.0 Å². The number of aromatic nitrogens is 2. The molecule has 0 radical (unpaired) electrons. The summed E-state index contributed by atoms with van der Waals surface area (Å²) in [6.45, 7) is 3.77. The van der Waals surface area contributed by atoms with E-state index < -0.39 is 6.16 Å². The predicted molar refractivity (Wildman–Crippen MR) is 113 cm³/mol. The summed E-state index contributed by atoms with van der Waals surface area (Å²) >= 11 is 0. The van der Waals surface area contributed by atoms with Crippen molar-refractivity contribution >= 4 is 23.7 Å². The second kappa shape index (κ2) is 8.66. The van der Waals surface area contributed by atoms with Crippen molar-refractivity contribution in [3.05, 3.63) is 35.7 Å². The Balaban J connectivity index is 1.42. The first-order valence-corrected chi connectivity index (χ1v) is 10.2. The van der Waals surface area contributed by atoms with Gasteiger partial charge < -0.3 is 29.7 Å². The Morgan fingerprint density at radius 3 is 2.71 bits per heavy atom. The molecule has 3 heterocycles. The number of methoxy groups -OCH3 is 1. The van der Waals surface area contributed by atoms with Gasteiger partial charge in [-0.3, -0.25) is 0 Å². The molecule has 2 aromatic rings.